The van der Waals surface area contributed by atoms with Gasteiger partial charge in [-0.3, -0.25) is 0 Å². The highest BCUT2D eigenvalue weighted by atomic mass is 32.2. The van der Waals surface area contributed by atoms with Crippen molar-refractivity contribution in [1.82, 2.24) is 10.1 Å². The second-order valence-corrected chi connectivity index (χ2v) is 6.81. The van der Waals surface area contributed by atoms with E-state index >= 15 is 0 Å². The highest BCUT2D eigenvalue weighted by Crippen LogP contribution is 2.26. The van der Waals surface area contributed by atoms with Crippen LogP contribution in [0.1, 0.15) is 27.4 Å². The second-order valence-electron chi connectivity index (χ2n) is 5.84. The van der Waals surface area contributed by atoms with E-state index in [-0.39, 0.29) is 17.9 Å². The van der Waals surface area contributed by atoms with Crippen LogP contribution >= 0.6 is 11.8 Å². The zero-order chi connectivity index (χ0) is 20.9. The largest absolute Gasteiger partial charge is 0.573 e. The lowest BCUT2D eigenvalue weighted by Crippen LogP contribution is -2.17. The Balaban J connectivity index is 1.59. The molecule has 0 spiro atoms. The Hall–Kier alpha value is -3.01. The number of thioether (sulfide) groups is 1. The van der Waals surface area contributed by atoms with E-state index in [0.29, 0.717) is 22.1 Å². The van der Waals surface area contributed by atoms with E-state index in [4.69, 9.17) is 9.26 Å². The van der Waals surface area contributed by atoms with Gasteiger partial charge in [0.25, 0.3) is 0 Å². The molecule has 2 aromatic heterocycles. The van der Waals surface area contributed by atoms with Gasteiger partial charge in [0.15, 0.2) is 0 Å². The summed E-state index contributed by atoms with van der Waals surface area (Å²) >= 11 is 1.31. The van der Waals surface area contributed by atoms with Crippen LogP contribution in [-0.4, -0.2) is 22.5 Å². The predicted octanol–water partition coefficient (Wildman–Crippen LogP) is 4.93. The maximum absolute atomic E-state index is 12.4. The molecule has 0 bridgehead atoms. The van der Waals surface area contributed by atoms with Gasteiger partial charge in [-0.15, -0.1) is 13.2 Å². The normalized spacial score (nSPS) is 11.3. The monoisotopic (exact) mass is 424 g/mol. The molecule has 2 heterocycles. The molecule has 0 radical (unpaired) electrons. The number of esters is 1. The van der Waals surface area contributed by atoms with Crippen molar-refractivity contribution in [2.24, 2.45) is 0 Å². The highest BCUT2D eigenvalue weighted by molar-refractivity contribution is 7.98. The maximum atomic E-state index is 12.4. The van der Waals surface area contributed by atoms with Crippen LogP contribution in [0.2, 0.25) is 0 Å². The average Bonchev–Trinajstić information content (AvgIpc) is 3.10. The molecule has 29 heavy (non-hydrogen) atoms. The first-order chi connectivity index (χ1) is 13.8. The Morgan fingerprint density at radius 1 is 1.21 bits per heavy atom. The molecule has 3 rings (SSSR count). The number of halogens is 3. The molecule has 0 saturated heterocycles. The lowest BCUT2D eigenvalue weighted by atomic mass is 10.2. The van der Waals surface area contributed by atoms with Crippen molar-refractivity contribution in [2.75, 3.05) is 0 Å². The number of rotatable bonds is 7. The SMILES string of the molecule is Cc1cc(CSc2ncccc2C(=O)OCc2ccc(OC(F)(F)F)cc2)no1. The lowest BCUT2D eigenvalue weighted by molar-refractivity contribution is -0.274. The fraction of sp³-hybridized carbons (Fsp3) is 0.211. The Morgan fingerprint density at radius 3 is 2.62 bits per heavy atom. The van der Waals surface area contributed by atoms with Crippen LogP contribution in [0, 0.1) is 6.92 Å². The van der Waals surface area contributed by atoms with Gasteiger partial charge in [-0.25, -0.2) is 9.78 Å². The maximum Gasteiger partial charge on any atom is 0.573 e. The van der Waals surface area contributed by atoms with Crippen molar-refractivity contribution in [3.05, 3.63) is 71.2 Å². The van der Waals surface area contributed by atoms with Crippen LogP contribution in [-0.2, 0) is 17.1 Å². The Morgan fingerprint density at radius 2 is 1.97 bits per heavy atom. The average molecular weight is 424 g/mol. The minimum Gasteiger partial charge on any atom is -0.457 e. The van der Waals surface area contributed by atoms with Gasteiger partial charge in [-0.2, -0.15) is 0 Å². The summed E-state index contributed by atoms with van der Waals surface area (Å²) in [5.41, 5.74) is 1.53. The molecule has 0 saturated carbocycles. The fourth-order valence-electron chi connectivity index (χ4n) is 2.30. The molecule has 0 amide bonds. The molecular weight excluding hydrogens is 409 g/mol. The van der Waals surface area contributed by atoms with E-state index in [9.17, 15) is 18.0 Å². The summed E-state index contributed by atoms with van der Waals surface area (Å²) in [4.78, 5) is 16.6. The summed E-state index contributed by atoms with van der Waals surface area (Å²) in [5.74, 6) is 0.219. The molecule has 152 valence electrons. The van der Waals surface area contributed by atoms with Crippen molar-refractivity contribution in [3.8, 4) is 5.75 Å². The number of hydrogen-bond donors (Lipinski definition) is 0. The molecule has 1 aromatic carbocycles. The summed E-state index contributed by atoms with van der Waals surface area (Å²) in [5, 5.41) is 4.37. The number of nitrogens with zero attached hydrogens (tertiary/aromatic N) is 2. The molecule has 3 aromatic rings. The van der Waals surface area contributed by atoms with Crippen LogP contribution < -0.4 is 4.74 Å². The van der Waals surface area contributed by atoms with Gasteiger partial charge in [0.2, 0.25) is 0 Å². The lowest BCUT2D eigenvalue weighted by Gasteiger charge is -2.10. The topological polar surface area (TPSA) is 74.5 Å². The number of alkyl halides is 3. The van der Waals surface area contributed by atoms with Gasteiger partial charge in [-0.05, 0) is 36.8 Å². The summed E-state index contributed by atoms with van der Waals surface area (Å²) < 4.78 is 50.6. The van der Waals surface area contributed by atoms with Gasteiger partial charge in [0.1, 0.15) is 23.1 Å². The second kappa shape index (κ2) is 8.99. The molecule has 0 unspecified atom stereocenters. The summed E-state index contributed by atoms with van der Waals surface area (Å²) in [7, 11) is 0. The molecule has 0 N–H and O–H groups in total. The number of carbonyl (C=O) groups excluding carboxylic acids is 1. The van der Waals surface area contributed by atoms with Crippen molar-refractivity contribution < 1.29 is 32.0 Å². The van der Waals surface area contributed by atoms with Crippen LogP contribution in [0.4, 0.5) is 13.2 Å². The zero-order valence-corrected chi connectivity index (χ0v) is 15.9. The van der Waals surface area contributed by atoms with E-state index in [0.717, 1.165) is 17.8 Å². The highest BCUT2D eigenvalue weighted by Gasteiger charge is 2.30. The molecule has 0 aliphatic rings. The van der Waals surface area contributed by atoms with E-state index in [1.165, 1.54) is 23.9 Å². The number of carbonyl (C=O) groups is 1. The van der Waals surface area contributed by atoms with Gasteiger partial charge < -0.3 is 14.0 Å². The Kier molecular flexibility index (Phi) is 6.42. The molecule has 0 aliphatic carbocycles. The first kappa shape index (κ1) is 20.7. The van der Waals surface area contributed by atoms with Crippen molar-refractivity contribution in [1.29, 1.82) is 0 Å². The van der Waals surface area contributed by atoms with E-state index in [1.54, 1.807) is 31.3 Å². The first-order valence-electron chi connectivity index (χ1n) is 8.32. The van der Waals surface area contributed by atoms with E-state index in [2.05, 4.69) is 14.9 Å². The third-order valence-corrected chi connectivity index (χ3v) is 4.59. The fourth-order valence-corrected chi connectivity index (χ4v) is 3.17. The number of benzene rings is 1. The minimum absolute atomic E-state index is 0.105. The molecule has 0 aliphatic heterocycles. The smallest absolute Gasteiger partial charge is 0.457 e. The van der Waals surface area contributed by atoms with Crippen molar-refractivity contribution in [3.63, 3.8) is 0 Å². The third-order valence-electron chi connectivity index (χ3n) is 3.55. The number of hydrogen-bond acceptors (Lipinski definition) is 7. The van der Waals surface area contributed by atoms with Crippen LogP contribution in [0.15, 0.2) is 58.2 Å². The van der Waals surface area contributed by atoms with Crippen molar-refractivity contribution >= 4 is 17.7 Å². The first-order valence-corrected chi connectivity index (χ1v) is 9.30. The summed E-state index contributed by atoms with van der Waals surface area (Å²) in [6.07, 6.45) is -3.19. The molecule has 10 heteroatoms. The molecule has 6 nitrogen and oxygen atoms in total. The number of aryl methyl sites for hydroxylation is 1. The van der Waals surface area contributed by atoms with Crippen LogP contribution in [0.3, 0.4) is 0 Å². The Bertz CT molecular complexity index is 974. The third kappa shape index (κ3) is 6.24. The number of ether oxygens (including phenoxy) is 2. The summed E-state index contributed by atoms with van der Waals surface area (Å²) in [6.45, 7) is 1.68. The quantitative estimate of drug-likeness (QED) is 0.393. The number of pyridine rings is 1. The van der Waals surface area contributed by atoms with Gasteiger partial charge in [-0.1, -0.05) is 29.1 Å². The van der Waals surface area contributed by atoms with Crippen LogP contribution in [0.25, 0.3) is 0 Å². The molecule has 0 atom stereocenters. The predicted molar refractivity (Wildman–Crippen MR) is 97.3 cm³/mol. The van der Waals surface area contributed by atoms with Crippen LogP contribution in [0.5, 0.6) is 5.75 Å². The number of aromatic nitrogens is 2. The Labute approximate surface area is 168 Å². The van der Waals surface area contributed by atoms with Gasteiger partial charge in [0.05, 0.1) is 11.3 Å². The zero-order valence-electron chi connectivity index (χ0n) is 15.1. The van der Waals surface area contributed by atoms with Crippen molar-refractivity contribution in [2.45, 2.75) is 30.7 Å². The van der Waals surface area contributed by atoms with Gasteiger partial charge >= 0.3 is 12.3 Å². The van der Waals surface area contributed by atoms with E-state index < -0.39 is 12.3 Å². The summed E-state index contributed by atoms with van der Waals surface area (Å²) in [6, 6.07) is 10.1. The van der Waals surface area contributed by atoms with E-state index in [1.807, 2.05) is 0 Å². The molecular formula is C19H15F3N2O4S. The minimum atomic E-state index is -4.76. The molecule has 0 fully saturated rings. The standard InChI is InChI=1S/C19H15F3N2O4S/c1-12-9-14(24-28-12)11-29-17-16(3-2-8-23-17)18(25)26-10-13-4-6-15(7-5-13)27-19(20,21)22/h2-9H,10-11H2,1H3. The van der Waals surface area contributed by atoms with Gasteiger partial charge in [0, 0.05) is 18.0 Å².